The standard InChI is InChI=1S/C20H19NS2/c1-3-16-11-17-15(5-4-6-19(17)23-16)9-13(2)14-7-8-20-18(10-14)21-12-22-20/h4-8,10-13H,3,9H2,1-2H3. The summed E-state index contributed by atoms with van der Waals surface area (Å²) in [6, 6.07) is 15.8. The molecule has 2 aromatic heterocycles. The minimum atomic E-state index is 0.497. The molecule has 23 heavy (non-hydrogen) atoms. The predicted molar refractivity (Wildman–Crippen MR) is 103 cm³/mol. The highest BCUT2D eigenvalue weighted by molar-refractivity contribution is 7.19. The maximum atomic E-state index is 4.45. The number of aromatic nitrogens is 1. The lowest BCUT2D eigenvalue weighted by atomic mass is 9.92. The van der Waals surface area contributed by atoms with E-state index < -0.39 is 0 Å². The highest BCUT2D eigenvalue weighted by Gasteiger charge is 2.12. The summed E-state index contributed by atoms with van der Waals surface area (Å²) in [5.41, 5.74) is 5.90. The quantitative estimate of drug-likeness (QED) is 0.419. The number of thiophene rings is 1. The van der Waals surface area contributed by atoms with Gasteiger partial charge in [0.05, 0.1) is 15.7 Å². The Balaban J connectivity index is 1.67. The molecule has 0 spiro atoms. The molecule has 2 heterocycles. The maximum absolute atomic E-state index is 4.45. The van der Waals surface area contributed by atoms with E-state index in [9.17, 15) is 0 Å². The van der Waals surface area contributed by atoms with Crippen molar-refractivity contribution in [2.24, 2.45) is 0 Å². The molecular formula is C20H19NS2. The van der Waals surface area contributed by atoms with Gasteiger partial charge in [-0.2, -0.15) is 0 Å². The zero-order chi connectivity index (χ0) is 15.8. The van der Waals surface area contributed by atoms with Gasteiger partial charge >= 0.3 is 0 Å². The lowest BCUT2D eigenvalue weighted by Gasteiger charge is -2.13. The van der Waals surface area contributed by atoms with Gasteiger partial charge in [-0.15, -0.1) is 22.7 Å². The Morgan fingerprint density at radius 2 is 2.00 bits per heavy atom. The van der Waals surface area contributed by atoms with Crippen LogP contribution in [0, 0.1) is 0 Å². The second kappa shape index (κ2) is 6.06. The molecule has 0 amide bonds. The van der Waals surface area contributed by atoms with E-state index in [2.05, 4.69) is 61.3 Å². The second-order valence-corrected chi connectivity index (χ2v) is 8.13. The van der Waals surface area contributed by atoms with Crippen LogP contribution in [-0.2, 0) is 12.8 Å². The largest absolute Gasteiger partial charge is 0.245 e. The van der Waals surface area contributed by atoms with Crippen LogP contribution in [0.4, 0.5) is 0 Å². The molecule has 1 atom stereocenters. The van der Waals surface area contributed by atoms with Crippen molar-refractivity contribution in [3.05, 3.63) is 64.0 Å². The molecule has 0 saturated carbocycles. The molecule has 0 aliphatic heterocycles. The number of nitrogens with zero attached hydrogens (tertiary/aromatic N) is 1. The van der Waals surface area contributed by atoms with E-state index in [1.165, 1.54) is 30.8 Å². The topological polar surface area (TPSA) is 12.9 Å². The third-order valence-corrected chi connectivity index (χ3v) is 6.56. The van der Waals surface area contributed by atoms with Gasteiger partial charge in [-0.1, -0.05) is 32.0 Å². The van der Waals surface area contributed by atoms with Crippen LogP contribution < -0.4 is 0 Å². The summed E-state index contributed by atoms with van der Waals surface area (Å²) in [5, 5.41) is 1.44. The molecule has 4 rings (SSSR count). The highest BCUT2D eigenvalue weighted by atomic mass is 32.1. The number of aryl methyl sites for hydroxylation is 1. The van der Waals surface area contributed by atoms with Crippen LogP contribution >= 0.6 is 22.7 Å². The molecule has 3 heteroatoms. The van der Waals surface area contributed by atoms with Crippen LogP contribution in [0.15, 0.2) is 48.0 Å². The highest BCUT2D eigenvalue weighted by Crippen LogP contribution is 2.32. The number of benzene rings is 2. The van der Waals surface area contributed by atoms with Crippen molar-refractivity contribution in [3.8, 4) is 0 Å². The maximum Gasteiger partial charge on any atom is 0.0814 e. The summed E-state index contributed by atoms with van der Waals surface area (Å²) >= 11 is 3.64. The summed E-state index contributed by atoms with van der Waals surface area (Å²) in [5.74, 6) is 0.497. The molecule has 0 aliphatic carbocycles. The number of rotatable bonds is 4. The molecule has 1 nitrogen and oxygen atoms in total. The SMILES string of the molecule is CCc1cc2c(CC(C)c3ccc4scnc4c3)cccc2s1. The van der Waals surface area contributed by atoms with Crippen LogP contribution in [0.3, 0.4) is 0 Å². The summed E-state index contributed by atoms with van der Waals surface area (Å²) < 4.78 is 2.69. The smallest absolute Gasteiger partial charge is 0.0814 e. The second-order valence-electron chi connectivity index (χ2n) is 6.08. The molecule has 116 valence electrons. The van der Waals surface area contributed by atoms with Gasteiger partial charge in [0.1, 0.15) is 0 Å². The fraction of sp³-hybridized carbons (Fsp3) is 0.250. The molecule has 2 aromatic carbocycles. The summed E-state index contributed by atoms with van der Waals surface area (Å²) in [6.45, 7) is 4.55. The Bertz CT molecular complexity index is 964. The first-order chi connectivity index (χ1) is 11.2. The van der Waals surface area contributed by atoms with Gasteiger partial charge < -0.3 is 0 Å². The fourth-order valence-electron chi connectivity index (χ4n) is 3.16. The van der Waals surface area contributed by atoms with Crippen molar-refractivity contribution >= 4 is 43.0 Å². The van der Waals surface area contributed by atoms with Crippen molar-refractivity contribution in [3.63, 3.8) is 0 Å². The van der Waals surface area contributed by atoms with E-state index in [0.717, 1.165) is 18.4 Å². The van der Waals surface area contributed by atoms with Crippen LogP contribution in [0.25, 0.3) is 20.3 Å². The molecule has 0 fully saturated rings. The van der Waals surface area contributed by atoms with Gasteiger partial charge in [0.2, 0.25) is 0 Å². The lowest BCUT2D eigenvalue weighted by Crippen LogP contribution is -1.98. The number of hydrogen-bond acceptors (Lipinski definition) is 3. The summed E-state index contributed by atoms with van der Waals surface area (Å²) in [6.07, 6.45) is 2.20. The molecule has 0 aliphatic rings. The fourth-order valence-corrected chi connectivity index (χ4v) is 4.86. The van der Waals surface area contributed by atoms with E-state index in [-0.39, 0.29) is 0 Å². The average molecular weight is 338 g/mol. The van der Waals surface area contributed by atoms with E-state index in [0.29, 0.717) is 5.92 Å². The van der Waals surface area contributed by atoms with Gasteiger partial charge in [-0.05, 0) is 59.5 Å². The van der Waals surface area contributed by atoms with Crippen molar-refractivity contribution in [1.82, 2.24) is 4.98 Å². The zero-order valence-corrected chi connectivity index (χ0v) is 15.0. The Morgan fingerprint density at radius 1 is 1.09 bits per heavy atom. The lowest BCUT2D eigenvalue weighted by molar-refractivity contribution is 0.764. The minimum absolute atomic E-state index is 0.497. The first kappa shape index (κ1) is 14.9. The first-order valence-electron chi connectivity index (χ1n) is 8.08. The Kier molecular flexibility index (Phi) is 3.92. The van der Waals surface area contributed by atoms with Crippen molar-refractivity contribution in [2.75, 3.05) is 0 Å². The van der Waals surface area contributed by atoms with Crippen molar-refractivity contribution < 1.29 is 0 Å². The molecule has 0 bridgehead atoms. The van der Waals surface area contributed by atoms with Crippen LogP contribution in [0.1, 0.15) is 35.8 Å². The predicted octanol–water partition coefficient (Wildman–Crippen LogP) is 6.42. The molecule has 0 radical (unpaired) electrons. The van der Waals surface area contributed by atoms with E-state index in [1.54, 1.807) is 11.3 Å². The van der Waals surface area contributed by atoms with Gasteiger partial charge in [-0.3, -0.25) is 0 Å². The normalized spacial score (nSPS) is 13.0. The van der Waals surface area contributed by atoms with E-state index >= 15 is 0 Å². The van der Waals surface area contributed by atoms with E-state index in [1.807, 2.05) is 16.8 Å². The Morgan fingerprint density at radius 3 is 2.87 bits per heavy atom. The Hall–Kier alpha value is -1.71. The minimum Gasteiger partial charge on any atom is -0.245 e. The van der Waals surface area contributed by atoms with Crippen molar-refractivity contribution in [2.45, 2.75) is 32.6 Å². The van der Waals surface area contributed by atoms with Gasteiger partial charge in [-0.25, -0.2) is 4.98 Å². The third-order valence-electron chi connectivity index (χ3n) is 4.50. The number of thiazole rings is 1. The molecule has 1 unspecified atom stereocenters. The number of fused-ring (bicyclic) bond motifs is 2. The first-order valence-corrected chi connectivity index (χ1v) is 9.77. The molecule has 4 aromatic rings. The molecule has 0 saturated heterocycles. The van der Waals surface area contributed by atoms with Crippen molar-refractivity contribution in [1.29, 1.82) is 0 Å². The summed E-state index contributed by atoms with van der Waals surface area (Å²) in [7, 11) is 0. The third kappa shape index (κ3) is 2.79. The average Bonchev–Trinajstić information content (AvgIpc) is 3.20. The van der Waals surface area contributed by atoms with Gasteiger partial charge in [0.15, 0.2) is 0 Å². The van der Waals surface area contributed by atoms with Crippen LogP contribution in [-0.4, -0.2) is 4.98 Å². The Labute approximate surface area is 144 Å². The van der Waals surface area contributed by atoms with Crippen LogP contribution in [0.2, 0.25) is 0 Å². The zero-order valence-electron chi connectivity index (χ0n) is 13.4. The van der Waals surface area contributed by atoms with E-state index in [4.69, 9.17) is 0 Å². The number of hydrogen-bond donors (Lipinski definition) is 0. The van der Waals surface area contributed by atoms with Gasteiger partial charge in [0, 0.05) is 9.58 Å². The monoisotopic (exact) mass is 337 g/mol. The van der Waals surface area contributed by atoms with Crippen LogP contribution in [0.5, 0.6) is 0 Å². The van der Waals surface area contributed by atoms with Gasteiger partial charge in [0.25, 0.3) is 0 Å². The molecular weight excluding hydrogens is 318 g/mol. The molecule has 0 N–H and O–H groups in total. The summed E-state index contributed by atoms with van der Waals surface area (Å²) in [4.78, 5) is 5.93.